The van der Waals surface area contributed by atoms with Crippen LogP contribution >= 0.6 is 11.6 Å². The van der Waals surface area contributed by atoms with Crippen LogP contribution < -0.4 is 10.6 Å². The molecule has 6 nitrogen and oxygen atoms in total. The number of hydrogen-bond acceptors (Lipinski definition) is 5. The van der Waals surface area contributed by atoms with E-state index < -0.39 is 23.8 Å². The molecule has 1 unspecified atom stereocenters. The van der Waals surface area contributed by atoms with E-state index in [0.717, 1.165) is 12.5 Å². The van der Waals surface area contributed by atoms with Crippen LogP contribution in [-0.2, 0) is 17.1 Å². The maximum atomic E-state index is 15.2. The number of aliphatic hydroxyl groups excluding tert-OH is 1. The number of nitrogens with one attached hydrogen (secondary N) is 2. The van der Waals surface area contributed by atoms with Crippen molar-refractivity contribution in [1.29, 1.82) is 0 Å². The van der Waals surface area contributed by atoms with Crippen molar-refractivity contribution in [3.8, 4) is 11.3 Å². The number of anilines is 2. The highest BCUT2D eigenvalue weighted by atomic mass is 35.5. The van der Waals surface area contributed by atoms with Crippen molar-refractivity contribution in [3.63, 3.8) is 0 Å². The minimum absolute atomic E-state index is 0.109. The van der Waals surface area contributed by atoms with Gasteiger partial charge >= 0.3 is 0 Å². The lowest BCUT2D eigenvalue weighted by atomic mass is 10.0. The Balaban J connectivity index is 1.46. The summed E-state index contributed by atoms with van der Waals surface area (Å²) in [5.41, 5.74) is 1.68. The molecule has 0 aliphatic rings. The summed E-state index contributed by atoms with van der Waals surface area (Å²) in [6.07, 6.45) is 1.000. The molecule has 2 atom stereocenters. The maximum absolute atomic E-state index is 15.2. The van der Waals surface area contributed by atoms with Gasteiger partial charge in [0.2, 0.25) is 5.91 Å². The molecule has 3 N–H and O–H groups in total. The van der Waals surface area contributed by atoms with Gasteiger partial charge in [-0.05, 0) is 49.2 Å². The van der Waals surface area contributed by atoms with Crippen LogP contribution in [0.25, 0.3) is 11.3 Å². The van der Waals surface area contributed by atoms with Gasteiger partial charge in [0.05, 0.1) is 12.5 Å². The van der Waals surface area contributed by atoms with Gasteiger partial charge in [-0.25, -0.2) is 9.37 Å². The van der Waals surface area contributed by atoms with Gasteiger partial charge in [0.15, 0.2) is 5.82 Å². The van der Waals surface area contributed by atoms with Gasteiger partial charge in [-0.15, -0.1) is 0 Å². The number of amides is 1. The molecule has 4 rings (SSSR count). The summed E-state index contributed by atoms with van der Waals surface area (Å²) in [7, 11) is 0. The number of benzene rings is 3. The molecule has 0 fully saturated rings. The molecule has 1 heterocycles. The zero-order valence-corrected chi connectivity index (χ0v) is 21.9. The number of aromatic nitrogens is 2. The van der Waals surface area contributed by atoms with E-state index in [-0.39, 0.29) is 29.3 Å². The normalized spacial score (nSPS) is 13.0. The fourth-order valence-electron chi connectivity index (χ4n) is 4.01. The van der Waals surface area contributed by atoms with E-state index >= 15 is 4.39 Å². The van der Waals surface area contributed by atoms with Crippen molar-refractivity contribution in [3.05, 3.63) is 107 Å². The van der Waals surface area contributed by atoms with Crippen LogP contribution in [0.1, 0.15) is 36.6 Å². The Morgan fingerprint density at radius 1 is 1.03 bits per heavy atom. The van der Waals surface area contributed by atoms with Crippen LogP contribution in [0.5, 0.6) is 0 Å². The van der Waals surface area contributed by atoms with Gasteiger partial charge in [-0.2, -0.15) is 8.78 Å². The first-order valence-electron chi connectivity index (χ1n) is 12.1. The number of alkyl halides is 2. The topological polar surface area (TPSA) is 87.1 Å². The quantitative estimate of drug-likeness (QED) is 0.213. The third-order valence-corrected chi connectivity index (χ3v) is 6.50. The van der Waals surface area contributed by atoms with E-state index in [0.29, 0.717) is 22.1 Å². The molecule has 4 aromatic rings. The van der Waals surface area contributed by atoms with Crippen LogP contribution in [0.15, 0.2) is 79.1 Å². The van der Waals surface area contributed by atoms with Gasteiger partial charge in [0, 0.05) is 34.2 Å². The van der Waals surface area contributed by atoms with Gasteiger partial charge in [0.1, 0.15) is 17.6 Å². The Hall–Kier alpha value is -3.95. The molecule has 202 valence electrons. The lowest BCUT2D eigenvalue weighted by Crippen LogP contribution is -2.27. The van der Waals surface area contributed by atoms with Gasteiger partial charge in [-0.3, -0.25) is 9.78 Å². The first-order chi connectivity index (χ1) is 18.6. The predicted molar refractivity (Wildman–Crippen MR) is 145 cm³/mol. The van der Waals surface area contributed by atoms with Crippen LogP contribution in [0, 0.1) is 5.82 Å². The SMILES string of the molecule is CC(O)C(F)(F)c1ccc(CC(=O)Nc2ccc(-c3nccnc3N[C@@H](C)c3ccccc3Cl)c(F)c2)cc1. The van der Waals surface area contributed by atoms with Crippen LogP contribution in [-0.4, -0.2) is 27.1 Å². The highest BCUT2D eigenvalue weighted by molar-refractivity contribution is 6.31. The summed E-state index contributed by atoms with van der Waals surface area (Å²) in [6, 6.07) is 16.5. The Bertz CT molecular complexity index is 1470. The molecule has 0 bridgehead atoms. The highest BCUT2D eigenvalue weighted by Crippen LogP contribution is 2.33. The second-order valence-corrected chi connectivity index (χ2v) is 9.46. The number of halogens is 4. The largest absolute Gasteiger partial charge is 0.387 e. The van der Waals surface area contributed by atoms with E-state index in [1.165, 1.54) is 48.8 Å². The lowest BCUT2D eigenvalue weighted by molar-refractivity contribution is -0.115. The summed E-state index contributed by atoms with van der Waals surface area (Å²) < 4.78 is 43.1. The molecule has 0 aliphatic carbocycles. The smallest absolute Gasteiger partial charge is 0.298 e. The Labute approximate surface area is 228 Å². The number of hydrogen-bond donors (Lipinski definition) is 3. The Morgan fingerprint density at radius 2 is 1.72 bits per heavy atom. The summed E-state index contributed by atoms with van der Waals surface area (Å²) in [5.74, 6) is -4.10. The zero-order chi connectivity index (χ0) is 28.2. The number of nitrogens with zero attached hydrogens (tertiary/aromatic N) is 2. The minimum Gasteiger partial charge on any atom is -0.387 e. The van der Waals surface area contributed by atoms with Crippen LogP contribution in [0.2, 0.25) is 5.02 Å². The van der Waals surface area contributed by atoms with E-state index in [4.69, 9.17) is 11.6 Å². The first-order valence-corrected chi connectivity index (χ1v) is 12.5. The number of carbonyl (C=O) groups is 1. The summed E-state index contributed by atoms with van der Waals surface area (Å²) in [6.45, 7) is 2.91. The van der Waals surface area contributed by atoms with Crippen molar-refractivity contribution in [2.45, 2.75) is 38.3 Å². The lowest BCUT2D eigenvalue weighted by Gasteiger charge is -2.19. The van der Waals surface area contributed by atoms with E-state index in [1.54, 1.807) is 12.1 Å². The van der Waals surface area contributed by atoms with Crippen LogP contribution in [0.4, 0.5) is 24.7 Å². The Morgan fingerprint density at radius 3 is 2.38 bits per heavy atom. The van der Waals surface area contributed by atoms with Gasteiger partial charge in [0.25, 0.3) is 5.92 Å². The van der Waals surface area contributed by atoms with Crippen molar-refractivity contribution in [2.75, 3.05) is 10.6 Å². The van der Waals surface area contributed by atoms with Crippen molar-refractivity contribution >= 4 is 29.0 Å². The summed E-state index contributed by atoms with van der Waals surface area (Å²) in [4.78, 5) is 21.1. The van der Waals surface area contributed by atoms with Crippen molar-refractivity contribution < 1.29 is 23.1 Å². The number of aliphatic hydroxyl groups is 1. The molecule has 39 heavy (non-hydrogen) atoms. The van der Waals surface area contributed by atoms with Crippen molar-refractivity contribution in [2.24, 2.45) is 0 Å². The molecular formula is C29H26ClF3N4O2. The molecule has 0 saturated carbocycles. The van der Waals surface area contributed by atoms with E-state index in [9.17, 15) is 18.7 Å². The summed E-state index contributed by atoms with van der Waals surface area (Å²) >= 11 is 6.30. The monoisotopic (exact) mass is 554 g/mol. The molecule has 0 spiro atoms. The molecule has 1 amide bonds. The summed E-state index contributed by atoms with van der Waals surface area (Å²) in [5, 5.41) is 15.7. The number of rotatable bonds is 9. The highest BCUT2D eigenvalue weighted by Gasteiger charge is 2.37. The zero-order valence-electron chi connectivity index (χ0n) is 21.1. The van der Waals surface area contributed by atoms with E-state index in [2.05, 4.69) is 20.6 Å². The molecule has 0 saturated heterocycles. The number of carbonyl (C=O) groups excluding carboxylic acids is 1. The van der Waals surface area contributed by atoms with E-state index in [1.807, 2.05) is 25.1 Å². The first kappa shape index (κ1) is 28.1. The molecule has 3 aromatic carbocycles. The Kier molecular flexibility index (Phi) is 8.52. The average molecular weight is 555 g/mol. The maximum Gasteiger partial charge on any atom is 0.298 e. The van der Waals surface area contributed by atoms with Gasteiger partial charge in [-0.1, -0.05) is 54.1 Å². The van der Waals surface area contributed by atoms with Crippen molar-refractivity contribution in [1.82, 2.24) is 9.97 Å². The molecule has 1 aromatic heterocycles. The average Bonchev–Trinajstić information content (AvgIpc) is 2.89. The molecule has 10 heteroatoms. The fourth-order valence-corrected chi connectivity index (χ4v) is 4.31. The standard InChI is InChI=1S/C29H26ClF3N4O2/c1-17(22-5-3-4-6-24(22)30)36-28-27(34-13-14-35-28)23-12-11-21(16-25(23)31)37-26(39)15-19-7-9-20(10-8-19)29(32,33)18(2)38/h3-14,16-18,38H,15H2,1-2H3,(H,35,36)(H,37,39)/t17-,18?/m0/s1. The second-order valence-electron chi connectivity index (χ2n) is 9.06. The molecule has 0 aliphatic heterocycles. The fraction of sp³-hybridized carbons (Fsp3) is 0.207. The van der Waals surface area contributed by atoms with Gasteiger partial charge < -0.3 is 15.7 Å². The molecule has 0 radical (unpaired) electrons. The minimum atomic E-state index is -3.40. The molecular weight excluding hydrogens is 529 g/mol. The third-order valence-electron chi connectivity index (χ3n) is 6.16. The predicted octanol–water partition coefficient (Wildman–Crippen LogP) is 6.76. The second kappa shape index (κ2) is 11.8. The third kappa shape index (κ3) is 6.55. The van der Waals surface area contributed by atoms with Crippen LogP contribution in [0.3, 0.4) is 0 Å².